The summed E-state index contributed by atoms with van der Waals surface area (Å²) in [5, 5.41) is 11.9. The van der Waals surface area contributed by atoms with Gasteiger partial charge in [-0.1, -0.05) is 12.1 Å². The molecule has 0 aliphatic carbocycles. The number of nitrogens with zero attached hydrogens (tertiary/aromatic N) is 1. The third kappa shape index (κ3) is 3.88. The molecule has 0 bridgehead atoms. The van der Waals surface area contributed by atoms with Gasteiger partial charge >= 0.3 is 5.97 Å². The van der Waals surface area contributed by atoms with Crippen molar-refractivity contribution in [2.24, 2.45) is 0 Å². The lowest BCUT2D eigenvalue weighted by atomic mass is 10.1. The van der Waals surface area contributed by atoms with Crippen molar-refractivity contribution in [1.82, 2.24) is 10.3 Å². The summed E-state index contributed by atoms with van der Waals surface area (Å²) in [5.74, 6) is -1.85. The molecule has 0 radical (unpaired) electrons. The van der Waals surface area contributed by atoms with Gasteiger partial charge in [-0.25, -0.2) is 9.37 Å². The van der Waals surface area contributed by atoms with Crippen LogP contribution in [-0.2, 0) is 11.2 Å². The number of aromatic nitrogens is 1. The number of carbonyl (C=O) groups is 2. The van der Waals surface area contributed by atoms with Crippen LogP contribution in [0.3, 0.4) is 0 Å². The monoisotopic (exact) mass is 322 g/mol. The van der Waals surface area contributed by atoms with Crippen molar-refractivity contribution in [2.75, 3.05) is 0 Å². The molecule has 0 unspecified atom stereocenters. The Hall–Kier alpha value is -2.28. The van der Waals surface area contributed by atoms with E-state index in [9.17, 15) is 14.0 Å². The topological polar surface area (TPSA) is 79.3 Å². The van der Waals surface area contributed by atoms with Crippen molar-refractivity contribution >= 4 is 23.2 Å². The minimum atomic E-state index is -1.10. The number of nitrogens with one attached hydrogen (secondary N) is 1. The first-order valence-corrected chi connectivity index (χ1v) is 7.43. The van der Waals surface area contributed by atoms with Crippen LogP contribution in [0, 0.1) is 12.7 Å². The van der Waals surface area contributed by atoms with Crippen LogP contribution in [0.1, 0.15) is 32.9 Å². The third-order valence-corrected chi connectivity index (χ3v) is 4.19. The average molecular weight is 322 g/mol. The maximum Gasteiger partial charge on any atom is 0.325 e. The van der Waals surface area contributed by atoms with Crippen LogP contribution in [0.15, 0.2) is 24.3 Å². The number of halogens is 1. The number of hydrogen-bond acceptors (Lipinski definition) is 4. The molecule has 0 aliphatic rings. The third-order valence-electron chi connectivity index (χ3n) is 3.03. The van der Waals surface area contributed by atoms with Crippen LogP contribution in [0.2, 0.25) is 0 Å². The molecule has 22 heavy (non-hydrogen) atoms. The van der Waals surface area contributed by atoms with Crippen molar-refractivity contribution < 1.29 is 19.1 Å². The van der Waals surface area contributed by atoms with E-state index in [1.165, 1.54) is 30.4 Å². The molecule has 1 aromatic carbocycles. The molecule has 1 heterocycles. The van der Waals surface area contributed by atoms with Gasteiger partial charge in [0.2, 0.25) is 0 Å². The molecule has 116 valence electrons. The Balaban J connectivity index is 2.12. The number of aliphatic carboxylic acids is 1. The van der Waals surface area contributed by atoms with Gasteiger partial charge in [-0.15, -0.1) is 11.3 Å². The van der Waals surface area contributed by atoms with Gasteiger partial charge in [-0.3, -0.25) is 9.59 Å². The zero-order valence-electron chi connectivity index (χ0n) is 12.1. The Labute approximate surface area is 130 Å². The van der Waals surface area contributed by atoms with E-state index in [2.05, 4.69) is 10.3 Å². The molecular formula is C15H15FN2O3S. The molecule has 2 rings (SSSR count). The summed E-state index contributed by atoms with van der Waals surface area (Å²) in [7, 11) is 0. The lowest BCUT2D eigenvalue weighted by molar-refractivity contribution is -0.138. The summed E-state index contributed by atoms with van der Waals surface area (Å²) in [5.41, 5.74) is 1.44. The molecule has 5 nitrogen and oxygen atoms in total. The Morgan fingerprint density at radius 3 is 2.59 bits per heavy atom. The summed E-state index contributed by atoms with van der Waals surface area (Å²) < 4.78 is 12.9. The van der Waals surface area contributed by atoms with Crippen LogP contribution >= 0.6 is 11.3 Å². The van der Waals surface area contributed by atoms with E-state index < -0.39 is 17.9 Å². The summed E-state index contributed by atoms with van der Waals surface area (Å²) >= 11 is 1.21. The average Bonchev–Trinajstić information content (AvgIpc) is 2.82. The normalized spacial score (nSPS) is 12.0. The van der Waals surface area contributed by atoms with Gasteiger partial charge in [0.1, 0.15) is 16.7 Å². The predicted molar refractivity (Wildman–Crippen MR) is 80.6 cm³/mol. The molecule has 0 spiro atoms. The van der Waals surface area contributed by atoms with Gasteiger partial charge in [0.15, 0.2) is 0 Å². The fraction of sp³-hybridized carbons (Fsp3) is 0.267. The van der Waals surface area contributed by atoms with E-state index >= 15 is 0 Å². The molecule has 2 aromatic rings. The number of amides is 1. The van der Waals surface area contributed by atoms with Crippen LogP contribution < -0.4 is 5.32 Å². The Morgan fingerprint density at radius 1 is 1.36 bits per heavy atom. The van der Waals surface area contributed by atoms with Gasteiger partial charge in [0, 0.05) is 6.42 Å². The lowest BCUT2D eigenvalue weighted by Crippen LogP contribution is -2.38. The van der Waals surface area contributed by atoms with E-state index in [-0.39, 0.29) is 5.82 Å². The minimum absolute atomic E-state index is 0.304. The van der Waals surface area contributed by atoms with E-state index in [1.54, 1.807) is 19.1 Å². The maximum atomic E-state index is 12.9. The molecule has 1 aromatic heterocycles. The quantitative estimate of drug-likeness (QED) is 0.886. The van der Waals surface area contributed by atoms with Crippen LogP contribution in [-0.4, -0.2) is 28.0 Å². The number of carbonyl (C=O) groups excluding carboxylic acids is 1. The van der Waals surface area contributed by atoms with Crippen molar-refractivity contribution in [1.29, 1.82) is 0 Å². The summed E-state index contributed by atoms with van der Waals surface area (Å²) in [6, 6.07) is 5.11. The van der Waals surface area contributed by atoms with Gasteiger partial charge in [0.25, 0.3) is 5.91 Å². The van der Waals surface area contributed by atoms with Crippen molar-refractivity contribution in [3.8, 4) is 0 Å². The number of benzene rings is 1. The number of carboxylic acids is 1. The lowest BCUT2D eigenvalue weighted by Gasteiger charge is -2.07. The second kappa shape index (κ2) is 6.65. The zero-order chi connectivity index (χ0) is 16.3. The molecule has 7 heteroatoms. The summed E-state index contributed by atoms with van der Waals surface area (Å²) in [6.45, 7) is 3.10. The number of aryl methyl sites for hydroxylation is 1. The highest BCUT2D eigenvalue weighted by atomic mass is 32.1. The van der Waals surface area contributed by atoms with E-state index in [0.29, 0.717) is 17.0 Å². The highest BCUT2D eigenvalue weighted by Gasteiger charge is 2.20. The Kier molecular flexibility index (Phi) is 4.87. The molecule has 0 fully saturated rings. The first-order valence-electron chi connectivity index (χ1n) is 6.61. The van der Waals surface area contributed by atoms with Gasteiger partial charge in [-0.2, -0.15) is 0 Å². The SMILES string of the molecule is Cc1nc(Cc2ccc(F)cc2)sc1C(=O)N[C@@H](C)C(=O)O. The second-order valence-corrected chi connectivity index (χ2v) is 5.94. The van der Waals surface area contributed by atoms with E-state index in [1.807, 2.05) is 0 Å². The first kappa shape index (κ1) is 16.1. The zero-order valence-corrected chi connectivity index (χ0v) is 12.9. The highest BCUT2D eigenvalue weighted by Crippen LogP contribution is 2.21. The molecule has 2 N–H and O–H groups in total. The fourth-order valence-corrected chi connectivity index (χ4v) is 2.84. The largest absolute Gasteiger partial charge is 0.480 e. The molecular weight excluding hydrogens is 307 g/mol. The fourth-order valence-electron chi connectivity index (χ4n) is 1.84. The van der Waals surface area contributed by atoms with Crippen molar-refractivity contribution in [3.05, 3.63) is 51.2 Å². The summed E-state index contributed by atoms with van der Waals surface area (Å²) in [4.78, 5) is 27.5. The van der Waals surface area contributed by atoms with Gasteiger partial charge in [0.05, 0.1) is 10.7 Å². The van der Waals surface area contributed by atoms with Crippen LogP contribution in [0.4, 0.5) is 4.39 Å². The van der Waals surface area contributed by atoms with E-state index in [4.69, 9.17) is 5.11 Å². The first-order chi connectivity index (χ1) is 10.4. The number of carboxylic acid groups (broad SMARTS) is 1. The Morgan fingerprint density at radius 2 is 2.00 bits per heavy atom. The van der Waals surface area contributed by atoms with Gasteiger partial charge < -0.3 is 10.4 Å². The van der Waals surface area contributed by atoms with Crippen LogP contribution in [0.25, 0.3) is 0 Å². The minimum Gasteiger partial charge on any atom is -0.480 e. The second-order valence-electron chi connectivity index (χ2n) is 4.86. The predicted octanol–water partition coefficient (Wildman–Crippen LogP) is 2.38. The number of thiazole rings is 1. The van der Waals surface area contributed by atoms with Crippen LogP contribution in [0.5, 0.6) is 0 Å². The standard InChI is InChI=1S/C15H15FN2O3S/c1-8-13(14(19)18-9(2)15(20)21)22-12(17-8)7-10-3-5-11(16)6-4-10/h3-6,9H,7H2,1-2H3,(H,18,19)(H,20,21)/t9-/m0/s1. The Bertz CT molecular complexity index is 697. The van der Waals surface area contributed by atoms with Gasteiger partial charge in [-0.05, 0) is 31.5 Å². The highest BCUT2D eigenvalue weighted by molar-refractivity contribution is 7.13. The van der Waals surface area contributed by atoms with Crippen molar-refractivity contribution in [3.63, 3.8) is 0 Å². The molecule has 1 atom stereocenters. The molecule has 0 saturated heterocycles. The molecule has 0 saturated carbocycles. The van der Waals surface area contributed by atoms with E-state index in [0.717, 1.165) is 10.6 Å². The number of rotatable bonds is 5. The summed E-state index contributed by atoms with van der Waals surface area (Å²) in [6.07, 6.45) is 0.494. The smallest absolute Gasteiger partial charge is 0.325 e. The maximum absolute atomic E-state index is 12.9. The number of hydrogen-bond donors (Lipinski definition) is 2. The molecule has 0 aliphatic heterocycles. The van der Waals surface area contributed by atoms with Crippen molar-refractivity contribution in [2.45, 2.75) is 26.3 Å². The molecule has 1 amide bonds.